The SMILES string of the molecule is Cc1ccc(C(=O)Oc2cc(Cl)cc(C=Nc3ccc(Cl)cc3)c2O)cc1. The average Bonchev–Trinajstić information content (AvgIpc) is 2.65. The van der Waals surface area contributed by atoms with E-state index in [1.165, 1.54) is 18.3 Å². The lowest BCUT2D eigenvalue weighted by Crippen LogP contribution is -2.09. The Balaban J connectivity index is 1.85. The topological polar surface area (TPSA) is 58.9 Å². The van der Waals surface area contributed by atoms with E-state index in [4.69, 9.17) is 27.9 Å². The van der Waals surface area contributed by atoms with Gasteiger partial charge in [-0.1, -0.05) is 40.9 Å². The van der Waals surface area contributed by atoms with Crippen LogP contribution < -0.4 is 4.74 Å². The minimum Gasteiger partial charge on any atom is -0.504 e. The van der Waals surface area contributed by atoms with Crippen LogP contribution in [0.5, 0.6) is 11.5 Å². The molecular formula is C21H15Cl2NO3. The van der Waals surface area contributed by atoms with Crippen molar-refractivity contribution in [1.29, 1.82) is 0 Å². The smallest absolute Gasteiger partial charge is 0.343 e. The van der Waals surface area contributed by atoms with Crippen LogP contribution in [0.15, 0.2) is 65.7 Å². The number of aliphatic imine (C=N–C) groups is 1. The molecule has 27 heavy (non-hydrogen) atoms. The van der Waals surface area contributed by atoms with E-state index in [1.807, 2.05) is 6.92 Å². The summed E-state index contributed by atoms with van der Waals surface area (Å²) in [7, 11) is 0. The number of hydrogen-bond acceptors (Lipinski definition) is 4. The molecule has 136 valence electrons. The summed E-state index contributed by atoms with van der Waals surface area (Å²) < 4.78 is 5.31. The van der Waals surface area contributed by atoms with E-state index in [0.717, 1.165) is 5.56 Å². The van der Waals surface area contributed by atoms with E-state index in [1.54, 1.807) is 48.5 Å². The molecule has 0 aliphatic heterocycles. The van der Waals surface area contributed by atoms with E-state index in [0.29, 0.717) is 26.9 Å². The molecule has 3 aromatic rings. The second kappa shape index (κ2) is 8.25. The van der Waals surface area contributed by atoms with Gasteiger partial charge < -0.3 is 9.84 Å². The zero-order valence-electron chi connectivity index (χ0n) is 14.3. The monoisotopic (exact) mass is 399 g/mol. The molecule has 3 aromatic carbocycles. The van der Waals surface area contributed by atoms with Crippen LogP contribution in [0.3, 0.4) is 0 Å². The first-order chi connectivity index (χ1) is 12.9. The van der Waals surface area contributed by atoms with Crippen molar-refractivity contribution in [1.82, 2.24) is 0 Å². The third kappa shape index (κ3) is 4.88. The maximum absolute atomic E-state index is 12.3. The predicted molar refractivity (Wildman–Crippen MR) is 108 cm³/mol. The van der Waals surface area contributed by atoms with Crippen LogP contribution >= 0.6 is 23.2 Å². The number of rotatable bonds is 4. The summed E-state index contributed by atoms with van der Waals surface area (Å²) in [5, 5.41) is 11.3. The summed E-state index contributed by atoms with van der Waals surface area (Å²) in [6.45, 7) is 1.92. The van der Waals surface area contributed by atoms with Gasteiger partial charge >= 0.3 is 5.97 Å². The number of aryl methyl sites for hydroxylation is 1. The number of carbonyl (C=O) groups is 1. The molecule has 0 bridgehead atoms. The first-order valence-electron chi connectivity index (χ1n) is 8.03. The summed E-state index contributed by atoms with van der Waals surface area (Å²) >= 11 is 11.9. The van der Waals surface area contributed by atoms with Crippen LogP contribution in [0.1, 0.15) is 21.5 Å². The Labute approximate surface area is 166 Å². The maximum Gasteiger partial charge on any atom is 0.343 e. The molecule has 1 N–H and O–H groups in total. The minimum absolute atomic E-state index is 0.0365. The Morgan fingerprint density at radius 3 is 2.33 bits per heavy atom. The van der Waals surface area contributed by atoms with Crippen LogP contribution in [0.2, 0.25) is 10.0 Å². The van der Waals surface area contributed by atoms with E-state index < -0.39 is 5.97 Å². The number of esters is 1. The van der Waals surface area contributed by atoms with Gasteiger partial charge in [0.05, 0.1) is 11.3 Å². The van der Waals surface area contributed by atoms with Gasteiger partial charge in [0, 0.05) is 27.9 Å². The molecule has 6 heteroatoms. The van der Waals surface area contributed by atoms with Crippen molar-refractivity contribution < 1.29 is 14.6 Å². The number of halogens is 2. The van der Waals surface area contributed by atoms with E-state index in [2.05, 4.69) is 4.99 Å². The molecule has 4 nitrogen and oxygen atoms in total. The number of hydrogen-bond donors (Lipinski definition) is 1. The molecule has 0 aliphatic carbocycles. The molecule has 0 amide bonds. The van der Waals surface area contributed by atoms with Crippen LogP contribution in [0.25, 0.3) is 0 Å². The number of phenolic OH excluding ortho intramolecular Hbond substituents is 1. The van der Waals surface area contributed by atoms with Crippen LogP contribution in [-0.4, -0.2) is 17.3 Å². The van der Waals surface area contributed by atoms with Gasteiger partial charge in [0.2, 0.25) is 0 Å². The lowest BCUT2D eigenvalue weighted by atomic mass is 10.1. The molecule has 3 rings (SSSR count). The lowest BCUT2D eigenvalue weighted by Gasteiger charge is -2.09. The Morgan fingerprint density at radius 1 is 1.00 bits per heavy atom. The van der Waals surface area contributed by atoms with Gasteiger partial charge in [-0.2, -0.15) is 0 Å². The summed E-state index contributed by atoms with van der Waals surface area (Å²) in [5.41, 5.74) is 2.37. The molecule has 0 radical (unpaired) electrons. The maximum atomic E-state index is 12.3. The van der Waals surface area contributed by atoms with Crippen molar-refractivity contribution in [2.45, 2.75) is 6.92 Å². The number of benzene rings is 3. The zero-order chi connectivity index (χ0) is 19.4. The highest BCUT2D eigenvalue weighted by Crippen LogP contribution is 2.33. The Hall–Kier alpha value is -2.82. The minimum atomic E-state index is -0.590. The number of carbonyl (C=O) groups excluding carboxylic acids is 1. The number of nitrogens with zero attached hydrogens (tertiary/aromatic N) is 1. The van der Waals surface area contributed by atoms with Crippen LogP contribution in [-0.2, 0) is 0 Å². The highest BCUT2D eigenvalue weighted by atomic mass is 35.5. The molecular weight excluding hydrogens is 385 g/mol. The van der Waals surface area contributed by atoms with Gasteiger partial charge in [0.1, 0.15) is 0 Å². The Bertz CT molecular complexity index is 997. The standard InChI is InChI=1S/C21H15Cl2NO3/c1-13-2-4-14(5-3-13)21(26)27-19-11-17(23)10-15(20(19)25)12-24-18-8-6-16(22)7-9-18/h2-12,25H,1H3. The summed E-state index contributed by atoms with van der Waals surface area (Å²) in [6.07, 6.45) is 1.44. The molecule has 0 heterocycles. The van der Waals surface area contributed by atoms with Crippen molar-refractivity contribution in [3.63, 3.8) is 0 Å². The third-order valence-electron chi connectivity index (χ3n) is 3.74. The van der Waals surface area contributed by atoms with Crippen molar-refractivity contribution in [3.05, 3.63) is 87.4 Å². The van der Waals surface area contributed by atoms with Gasteiger partial charge in [-0.15, -0.1) is 0 Å². The average molecular weight is 400 g/mol. The zero-order valence-corrected chi connectivity index (χ0v) is 15.8. The van der Waals surface area contributed by atoms with Gasteiger partial charge in [-0.3, -0.25) is 4.99 Å². The first kappa shape index (κ1) is 19.0. The van der Waals surface area contributed by atoms with E-state index >= 15 is 0 Å². The molecule has 0 aromatic heterocycles. The molecule has 0 unspecified atom stereocenters. The second-order valence-electron chi connectivity index (χ2n) is 5.83. The number of aromatic hydroxyl groups is 1. The van der Waals surface area contributed by atoms with Crippen molar-refractivity contribution in [3.8, 4) is 11.5 Å². The van der Waals surface area contributed by atoms with Gasteiger partial charge in [0.15, 0.2) is 11.5 Å². The number of phenols is 1. The fourth-order valence-corrected chi connectivity index (χ4v) is 2.63. The summed E-state index contributed by atoms with van der Waals surface area (Å²) in [4.78, 5) is 16.6. The molecule has 0 saturated heterocycles. The predicted octanol–water partition coefficient (Wildman–Crippen LogP) is 5.98. The van der Waals surface area contributed by atoms with Crippen LogP contribution in [0, 0.1) is 6.92 Å². The Kier molecular flexibility index (Phi) is 5.79. The van der Waals surface area contributed by atoms with Crippen molar-refractivity contribution in [2.75, 3.05) is 0 Å². The highest BCUT2D eigenvalue weighted by molar-refractivity contribution is 6.31. The van der Waals surface area contributed by atoms with Crippen molar-refractivity contribution >= 4 is 41.1 Å². The number of ether oxygens (including phenoxy) is 1. The summed E-state index contributed by atoms with van der Waals surface area (Å²) in [5.74, 6) is -0.851. The molecule has 0 fully saturated rings. The fraction of sp³-hybridized carbons (Fsp3) is 0.0476. The first-order valence-corrected chi connectivity index (χ1v) is 8.79. The highest BCUT2D eigenvalue weighted by Gasteiger charge is 2.15. The summed E-state index contributed by atoms with van der Waals surface area (Å²) in [6, 6.07) is 16.7. The lowest BCUT2D eigenvalue weighted by molar-refractivity contribution is 0.0729. The fourth-order valence-electron chi connectivity index (χ4n) is 2.29. The van der Waals surface area contributed by atoms with E-state index in [9.17, 15) is 9.90 Å². The van der Waals surface area contributed by atoms with Crippen LogP contribution in [0.4, 0.5) is 5.69 Å². The van der Waals surface area contributed by atoms with Gasteiger partial charge in [0.25, 0.3) is 0 Å². The molecule has 0 atom stereocenters. The van der Waals surface area contributed by atoms with E-state index in [-0.39, 0.29) is 11.5 Å². The van der Waals surface area contributed by atoms with Gasteiger partial charge in [-0.05, 0) is 49.4 Å². The normalized spacial score (nSPS) is 10.9. The molecule has 0 saturated carbocycles. The van der Waals surface area contributed by atoms with Gasteiger partial charge in [-0.25, -0.2) is 4.79 Å². The Morgan fingerprint density at radius 2 is 1.67 bits per heavy atom. The second-order valence-corrected chi connectivity index (χ2v) is 6.70. The third-order valence-corrected chi connectivity index (χ3v) is 4.21. The quantitative estimate of drug-likeness (QED) is 0.333. The molecule has 0 spiro atoms. The molecule has 0 aliphatic rings. The van der Waals surface area contributed by atoms with Crippen molar-refractivity contribution in [2.24, 2.45) is 4.99 Å². The largest absolute Gasteiger partial charge is 0.504 e.